The Morgan fingerprint density at radius 2 is 0.435 bits per heavy atom. The molecule has 0 amide bonds. The van der Waals surface area contributed by atoms with Gasteiger partial charge in [-0.2, -0.15) is 0 Å². The summed E-state index contributed by atoms with van der Waals surface area (Å²) in [4.78, 5) is 0. The van der Waals surface area contributed by atoms with Crippen molar-refractivity contribution < 1.29 is 0 Å². The smallest absolute Gasteiger partial charge is 0.0294 e. The predicted molar refractivity (Wildman–Crippen MR) is 259 cm³/mol. The van der Waals surface area contributed by atoms with Crippen molar-refractivity contribution in [2.75, 3.05) is 0 Å². The second-order valence-corrected chi connectivity index (χ2v) is 29.9. The first-order chi connectivity index (χ1) is 29.9. The molecule has 0 N–H and O–H groups in total. The number of fused-ring (bicyclic) bond motifs is 26. The monoisotopic (exact) mass is 845 g/mol. The fourth-order valence-electron chi connectivity index (χ4n) is 26.1. The predicted octanol–water partition coefficient (Wildman–Crippen LogP) is 17.2. The van der Waals surface area contributed by atoms with Gasteiger partial charge in [0.2, 0.25) is 0 Å². The molecule has 0 heteroatoms. The standard InChI is InChI=1S/2C16H26.2C15H24/c2*1-3-16(2)9-12-8-13(16)15-11-6-4-10(5-7-11)14(12)15;2*1-3-15(2)8-11-7-12(15)14-10-5-4-9(6-10)13(11)14/h2*10-15H,3-9H2,1-2H3;2*9-14H,3-8H2,1-2H3/t2*10?,11?,12?,13?,14?,15?,16-;2*9?,10?,11?,12?,13?,14?,15-/m0000/s1. The second-order valence-electron chi connectivity index (χ2n) is 29.9. The van der Waals surface area contributed by atoms with Crippen LogP contribution in [-0.2, 0) is 0 Å². The van der Waals surface area contributed by atoms with Crippen molar-refractivity contribution >= 4 is 0 Å². The van der Waals surface area contributed by atoms with E-state index >= 15 is 0 Å². The summed E-state index contributed by atoms with van der Waals surface area (Å²) in [6.07, 6.45) is 40.9. The molecule has 0 aromatic rings. The van der Waals surface area contributed by atoms with Gasteiger partial charge in [-0.15, -0.1) is 0 Å². The van der Waals surface area contributed by atoms with Crippen LogP contribution < -0.4 is 0 Å². The van der Waals surface area contributed by atoms with Gasteiger partial charge in [0.05, 0.1) is 0 Å². The molecule has 18 rings (SSSR count). The highest BCUT2D eigenvalue weighted by atomic mass is 14.7. The van der Waals surface area contributed by atoms with E-state index < -0.39 is 0 Å². The first-order valence-corrected chi connectivity index (χ1v) is 29.9. The molecule has 24 atom stereocenters. The van der Waals surface area contributed by atoms with Crippen LogP contribution in [0.25, 0.3) is 0 Å². The summed E-state index contributed by atoms with van der Waals surface area (Å²) in [6.45, 7) is 20.2. The fourth-order valence-corrected chi connectivity index (χ4v) is 26.1. The van der Waals surface area contributed by atoms with Crippen molar-refractivity contribution in [3.63, 3.8) is 0 Å². The summed E-state index contributed by atoms with van der Waals surface area (Å²) in [5.74, 6) is 27.9. The van der Waals surface area contributed by atoms with Crippen molar-refractivity contribution in [1.29, 1.82) is 0 Å². The van der Waals surface area contributed by atoms with E-state index in [-0.39, 0.29) is 0 Å². The molecule has 0 spiro atoms. The van der Waals surface area contributed by atoms with E-state index in [2.05, 4.69) is 55.4 Å². The molecule has 0 aliphatic heterocycles. The maximum atomic E-state index is 2.61. The van der Waals surface area contributed by atoms with Crippen molar-refractivity contribution in [2.45, 2.75) is 222 Å². The van der Waals surface area contributed by atoms with Crippen LogP contribution in [0.4, 0.5) is 0 Å². The quantitative estimate of drug-likeness (QED) is 0.247. The largest absolute Gasteiger partial charge is 0.0649 e. The van der Waals surface area contributed by atoms with Gasteiger partial charge in [0.1, 0.15) is 0 Å². The SMILES string of the molecule is CC[C@@]1(C)CC2CC1C1C3CCC(C3)C21.CC[C@@]1(C)CC2CC1C1C3CCC(C3)C21.CC[C@@]1(C)CC2CC1C1C3CCC(CC3)C21.CC[C@@]1(C)CC2CC1C1C3CCC(CC3)C21. The van der Waals surface area contributed by atoms with E-state index in [0.717, 1.165) is 92.7 Å². The minimum Gasteiger partial charge on any atom is -0.0649 e. The zero-order chi connectivity index (χ0) is 42.2. The van der Waals surface area contributed by atoms with Crippen LogP contribution in [0, 0.1) is 164 Å². The van der Waals surface area contributed by atoms with Crippen molar-refractivity contribution in [1.82, 2.24) is 0 Å². The summed E-state index contributed by atoms with van der Waals surface area (Å²) < 4.78 is 0. The van der Waals surface area contributed by atoms with E-state index in [1.165, 1.54) is 96.7 Å². The van der Waals surface area contributed by atoms with Crippen LogP contribution in [0.1, 0.15) is 222 Å². The Labute approximate surface area is 384 Å². The van der Waals surface area contributed by atoms with Crippen molar-refractivity contribution in [2.24, 2.45) is 164 Å². The summed E-state index contributed by atoms with van der Waals surface area (Å²) in [5, 5.41) is 0. The number of hydrogen-bond donors (Lipinski definition) is 0. The third-order valence-corrected chi connectivity index (χ3v) is 28.8. The molecule has 0 saturated heterocycles. The third-order valence-electron chi connectivity index (χ3n) is 28.8. The van der Waals surface area contributed by atoms with Gasteiger partial charge in [-0.05, 0) is 305 Å². The average molecular weight is 845 g/mol. The molecule has 62 heavy (non-hydrogen) atoms. The first kappa shape index (κ1) is 42.1. The molecule has 0 nitrogen and oxygen atoms in total. The highest BCUT2D eigenvalue weighted by Crippen LogP contribution is 2.75. The lowest BCUT2D eigenvalue weighted by Crippen LogP contribution is -2.47. The third kappa shape index (κ3) is 5.79. The highest BCUT2D eigenvalue weighted by Gasteiger charge is 2.67. The number of hydrogen-bond acceptors (Lipinski definition) is 0. The Bertz CT molecular complexity index is 1550. The molecule has 0 aromatic carbocycles. The minimum absolute atomic E-state index is 0.739. The second kappa shape index (κ2) is 14.8. The van der Waals surface area contributed by atoms with Crippen LogP contribution >= 0.6 is 0 Å². The summed E-state index contributed by atoms with van der Waals surface area (Å²) in [5.41, 5.74) is 2.97. The fraction of sp³-hybridized carbons (Fsp3) is 1.00. The lowest BCUT2D eigenvalue weighted by Gasteiger charge is -2.55. The van der Waals surface area contributed by atoms with Crippen molar-refractivity contribution in [3.8, 4) is 0 Å². The van der Waals surface area contributed by atoms with Gasteiger partial charge in [-0.1, -0.05) is 81.1 Å². The zero-order valence-corrected chi connectivity index (χ0v) is 42.2. The highest BCUT2D eigenvalue weighted by molar-refractivity contribution is 5.16. The van der Waals surface area contributed by atoms with Gasteiger partial charge in [0.25, 0.3) is 0 Å². The molecule has 0 radical (unpaired) electrons. The lowest BCUT2D eigenvalue weighted by atomic mass is 9.50. The van der Waals surface area contributed by atoms with E-state index in [0.29, 0.717) is 0 Å². The van der Waals surface area contributed by atoms with Gasteiger partial charge in [0.15, 0.2) is 0 Å². The molecule has 18 aliphatic carbocycles. The average Bonchev–Trinajstić information content (AvgIpc) is 4.15. The van der Waals surface area contributed by atoms with Gasteiger partial charge in [-0.3, -0.25) is 0 Å². The van der Waals surface area contributed by atoms with Crippen molar-refractivity contribution in [3.05, 3.63) is 0 Å². The van der Waals surface area contributed by atoms with Crippen LogP contribution in [0.5, 0.6) is 0 Å². The Balaban J connectivity index is 0.0000000842. The van der Waals surface area contributed by atoms with Crippen LogP contribution in [-0.4, -0.2) is 0 Å². The Kier molecular flexibility index (Phi) is 10.0. The Morgan fingerprint density at radius 1 is 0.242 bits per heavy atom. The summed E-state index contributed by atoms with van der Waals surface area (Å²) >= 11 is 0. The molecule has 18 aliphatic rings. The minimum atomic E-state index is 0.739. The maximum absolute atomic E-state index is 2.61. The summed E-state index contributed by atoms with van der Waals surface area (Å²) in [7, 11) is 0. The molecule has 0 aromatic heterocycles. The normalized spacial score (nSPS) is 63.9. The molecule has 18 saturated carbocycles. The topological polar surface area (TPSA) is 0 Å². The maximum Gasteiger partial charge on any atom is -0.0294 e. The van der Waals surface area contributed by atoms with Crippen LogP contribution in [0.3, 0.4) is 0 Å². The molecule has 16 bridgehead atoms. The molecule has 18 fully saturated rings. The van der Waals surface area contributed by atoms with E-state index in [1.54, 1.807) is 141 Å². The Hall–Kier alpha value is 0. The molecular formula is C62H100. The van der Waals surface area contributed by atoms with Gasteiger partial charge in [0, 0.05) is 0 Å². The number of rotatable bonds is 4. The van der Waals surface area contributed by atoms with E-state index in [1.807, 2.05) is 0 Å². The van der Waals surface area contributed by atoms with Crippen LogP contribution in [0.2, 0.25) is 0 Å². The Morgan fingerprint density at radius 3 is 0.694 bits per heavy atom. The van der Waals surface area contributed by atoms with E-state index in [9.17, 15) is 0 Å². The molecule has 0 heterocycles. The van der Waals surface area contributed by atoms with Gasteiger partial charge in [-0.25, -0.2) is 0 Å². The summed E-state index contributed by atoms with van der Waals surface area (Å²) in [6, 6.07) is 0. The zero-order valence-electron chi connectivity index (χ0n) is 42.2. The molecule has 348 valence electrons. The molecule has 20 unspecified atom stereocenters. The van der Waals surface area contributed by atoms with Crippen LogP contribution in [0.15, 0.2) is 0 Å². The van der Waals surface area contributed by atoms with Gasteiger partial charge < -0.3 is 0 Å². The lowest BCUT2D eigenvalue weighted by molar-refractivity contribution is -0.0569. The molecular weight excluding hydrogens is 745 g/mol. The van der Waals surface area contributed by atoms with Gasteiger partial charge >= 0.3 is 0 Å². The first-order valence-electron chi connectivity index (χ1n) is 29.9. The van der Waals surface area contributed by atoms with E-state index in [4.69, 9.17) is 0 Å².